The van der Waals surface area contributed by atoms with Crippen LogP contribution in [0.3, 0.4) is 0 Å². The Morgan fingerprint density at radius 1 is 1.48 bits per heavy atom. The number of benzene rings is 1. The Morgan fingerprint density at radius 2 is 2.19 bits per heavy atom. The van der Waals surface area contributed by atoms with Crippen molar-refractivity contribution in [3.63, 3.8) is 0 Å². The van der Waals surface area contributed by atoms with Crippen molar-refractivity contribution in [3.8, 4) is 5.88 Å². The van der Waals surface area contributed by atoms with E-state index in [-0.39, 0.29) is 17.8 Å². The topological polar surface area (TPSA) is 81.0 Å². The molecule has 112 valence electrons. The van der Waals surface area contributed by atoms with Crippen molar-refractivity contribution < 1.29 is 5.11 Å². The highest BCUT2D eigenvalue weighted by molar-refractivity contribution is 14.1. The largest absolute Gasteiger partial charge is 0.492 e. The number of rotatable bonds is 4. The maximum Gasteiger partial charge on any atom is 0.236 e. The molecule has 5 nitrogen and oxygen atoms in total. The third-order valence-corrected chi connectivity index (χ3v) is 4.86. The molecule has 0 atom stereocenters. The Hall–Kier alpha value is -1.06. The summed E-state index contributed by atoms with van der Waals surface area (Å²) in [6, 6.07) is 5.66. The average Bonchev–Trinajstić information content (AvgIpc) is 2.74. The summed E-state index contributed by atoms with van der Waals surface area (Å²) in [5.74, 6) is -0.0207. The molecule has 0 aliphatic rings. The van der Waals surface area contributed by atoms with Gasteiger partial charge in [0.25, 0.3) is 0 Å². The number of hydrogen-bond donors (Lipinski definition) is 4. The van der Waals surface area contributed by atoms with Gasteiger partial charge in [-0.15, -0.1) is 0 Å². The number of aromatic hydroxyl groups is 1. The van der Waals surface area contributed by atoms with E-state index >= 15 is 0 Å². The second-order valence-electron chi connectivity index (χ2n) is 4.64. The maximum atomic E-state index is 9.84. The number of hydrogen-bond acceptors (Lipinski definition) is 5. The van der Waals surface area contributed by atoms with Gasteiger partial charge in [-0.05, 0) is 66.2 Å². The van der Waals surface area contributed by atoms with Gasteiger partial charge in [-0.25, -0.2) is 0 Å². The van der Waals surface area contributed by atoms with Gasteiger partial charge in [0.1, 0.15) is 16.4 Å². The van der Waals surface area contributed by atoms with Gasteiger partial charge in [-0.1, -0.05) is 11.6 Å². The predicted octanol–water partition coefficient (Wildman–Crippen LogP) is 4.17. The lowest BCUT2D eigenvalue weighted by atomic mass is 10.2. The molecule has 0 aliphatic carbocycles. The highest BCUT2D eigenvalue weighted by Crippen LogP contribution is 2.33. The fourth-order valence-electron chi connectivity index (χ4n) is 1.66. The van der Waals surface area contributed by atoms with Crippen molar-refractivity contribution >= 4 is 62.2 Å². The molecule has 1 aromatic heterocycles. The first kappa shape index (κ1) is 16.3. The first-order chi connectivity index (χ1) is 9.88. The summed E-state index contributed by atoms with van der Waals surface area (Å²) in [6.07, 6.45) is 0. The molecule has 0 saturated carbocycles. The van der Waals surface area contributed by atoms with Crippen LogP contribution in [0.1, 0.15) is 19.4 Å². The van der Waals surface area contributed by atoms with Crippen LogP contribution in [-0.2, 0) is 0 Å². The molecule has 1 heterocycles. The predicted molar refractivity (Wildman–Crippen MR) is 96.3 cm³/mol. The first-order valence-corrected chi connectivity index (χ1v) is 8.37. The molecular formula is C13H14ClIN4OS. The number of aromatic nitrogens is 1. The molecule has 0 fully saturated rings. The maximum absolute atomic E-state index is 9.84. The molecule has 0 aliphatic heterocycles. The monoisotopic (exact) mass is 436 g/mol. The summed E-state index contributed by atoms with van der Waals surface area (Å²) in [5.41, 5.74) is 1.14. The van der Waals surface area contributed by atoms with Crippen LogP contribution < -0.4 is 10.6 Å². The smallest absolute Gasteiger partial charge is 0.236 e. The van der Waals surface area contributed by atoms with Crippen molar-refractivity contribution in [1.82, 2.24) is 9.69 Å². The zero-order valence-electron chi connectivity index (χ0n) is 11.4. The van der Waals surface area contributed by atoms with Crippen molar-refractivity contribution in [1.29, 1.82) is 5.41 Å². The Labute approximate surface area is 145 Å². The molecule has 4 N–H and O–H groups in total. The van der Waals surface area contributed by atoms with Gasteiger partial charge in [-0.2, -0.15) is 4.37 Å². The summed E-state index contributed by atoms with van der Waals surface area (Å²) >= 11 is 9.35. The number of nitrogens with zero attached hydrogens (tertiary/aromatic N) is 1. The van der Waals surface area contributed by atoms with E-state index in [2.05, 4.69) is 37.6 Å². The van der Waals surface area contributed by atoms with Gasteiger partial charge in [0.15, 0.2) is 0 Å². The van der Waals surface area contributed by atoms with E-state index in [0.717, 1.165) is 20.8 Å². The fraction of sp³-hybridized carbons (Fsp3) is 0.231. The lowest BCUT2D eigenvalue weighted by Gasteiger charge is -2.12. The van der Waals surface area contributed by atoms with E-state index in [1.165, 1.54) is 0 Å². The molecule has 2 aromatic rings. The number of nitrogens with one attached hydrogen (secondary N) is 3. The van der Waals surface area contributed by atoms with Crippen LogP contribution in [0, 0.1) is 8.98 Å². The van der Waals surface area contributed by atoms with E-state index in [4.69, 9.17) is 17.0 Å². The molecule has 0 saturated heterocycles. The van der Waals surface area contributed by atoms with E-state index in [1.807, 2.05) is 26.0 Å². The SMILES string of the molecule is CC(C)NC(=N)c1c(O)nsc1Nc1ccc(I)c(Cl)c1. The summed E-state index contributed by atoms with van der Waals surface area (Å²) in [4.78, 5) is 0. The summed E-state index contributed by atoms with van der Waals surface area (Å²) in [6.45, 7) is 3.86. The van der Waals surface area contributed by atoms with E-state index in [0.29, 0.717) is 15.6 Å². The quantitative estimate of drug-likeness (QED) is 0.329. The van der Waals surface area contributed by atoms with E-state index < -0.39 is 0 Å². The third-order valence-electron chi connectivity index (χ3n) is 2.53. The molecule has 0 unspecified atom stereocenters. The van der Waals surface area contributed by atoms with Crippen LogP contribution in [-0.4, -0.2) is 21.4 Å². The van der Waals surface area contributed by atoms with Crippen LogP contribution in [0.25, 0.3) is 0 Å². The number of halogens is 2. The molecular weight excluding hydrogens is 423 g/mol. The standard InChI is InChI=1S/C13H14ClIN4OS/c1-6(2)17-11(16)10-12(20)19-21-13(10)18-7-3-4-9(15)8(14)5-7/h3-6,18H,1-2H3,(H2,16,17)(H,19,20). The van der Waals surface area contributed by atoms with Crippen LogP contribution in [0.4, 0.5) is 10.7 Å². The Kier molecular flexibility index (Phi) is 5.28. The molecule has 1 aromatic carbocycles. The van der Waals surface area contributed by atoms with Crippen molar-refractivity contribution in [2.75, 3.05) is 5.32 Å². The lowest BCUT2D eigenvalue weighted by molar-refractivity contribution is 0.458. The number of anilines is 2. The summed E-state index contributed by atoms with van der Waals surface area (Å²) in [5, 5.41) is 25.2. The first-order valence-electron chi connectivity index (χ1n) is 6.14. The molecule has 0 radical (unpaired) electrons. The van der Waals surface area contributed by atoms with Crippen molar-refractivity contribution in [2.24, 2.45) is 0 Å². The van der Waals surface area contributed by atoms with E-state index in [9.17, 15) is 5.11 Å². The minimum absolute atomic E-state index is 0.0948. The molecule has 21 heavy (non-hydrogen) atoms. The normalized spacial score (nSPS) is 10.7. The zero-order valence-corrected chi connectivity index (χ0v) is 15.1. The van der Waals surface area contributed by atoms with Gasteiger partial charge < -0.3 is 15.7 Å². The molecule has 8 heteroatoms. The zero-order chi connectivity index (χ0) is 15.6. The highest BCUT2D eigenvalue weighted by Gasteiger charge is 2.18. The minimum Gasteiger partial charge on any atom is -0.492 e. The second-order valence-corrected chi connectivity index (χ2v) is 6.98. The second kappa shape index (κ2) is 6.80. The minimum atomic E-state index is -0.155. The number of amidine groups is 1. The Balaban J connectivity index is 2.28. The molecule has 2 rings (SSSR count). The van der Waals surface area contributed by atoms with Crippen LogP contribution in [0.5, 0.6) is 5.88 Å². The summed E-state index contributed by atoms with van der Waals surface area (Å²) in [7, 11) is 0. The fourth-order valence-corrected chi connectivity index (χ4v) is 2.89. The van der Waals surface area contributed by atoms with Gasteiger partial charge in [-0.3, -0.25) is 5.41 Å². The van der Waals surface area contributed by atoms with Gasteiger partial charge in [0, 0.05) is 15.3 Å². The summed E-state index contributed by atoms with van der Waals surface area (Å²) < 4.78 is 4.86. The molecule has 0 bridgehead atoms. The van der Waals surface area contributed by atoms with Gasteiger partial charge >= 0.3 is 0 Å². The molecule has 0 amide bonds. The molecule has 0 spiro atoms. The van der Waals surface area contributed by atoms with Crippen LogP contribution in [0.15, 0.2) is 18.2 Å². The average molecular weight is 437 g/mol. The van der Waals surface area contributed by atoms with Gasteiger partial charge in [0.2, 0.25) is 5.88 Å². The van der Waals surface area contributed by atoms with Crippen molar-refractivity contribution in [3.05, 3.63) is 32.4 Å². The van der Waals surface area contributed by atoms with Gasteiger partial charge in [0.05, 0.1) is 5.02 Å². The third kappa shape index (κ3) is 3.98. The van der Waals surface area contributed by atoms with Crippen molar-refractivity contribution in [2.45, 2.75) is 19.9 Å². The Bertz CT molecular complexity index is 674. The van der Waals surface area contributed by atoms with E-state index in [1.54, 1.807) is 6.07 Å². The Morgan fingerprint density at radius 3 is 2.81 bits per heavy atom. The lowest BCUT2D eigenvalue weighted by Crippen LogP contribution is -2.30. The highest BCUT2D eigenvalue weighted by atomic mass is 127. The van der Waals surface area contributed by atoms with Crippen LogP contribution in [0.2, 0.25) is 5.02 Å². The van der Waals surface area contributed by atoms with Crippen LogP contribution >= 0.6 is 45.7 Å².